The lowest BCUT2D eigenvalue weighted by Crippen LogP contribution is -2.38. The highest BCUT2D eigenvalue weighted by atomic mass is 19.1. The van der Waals surface area contributed by atoms with Gasteiger partial charge in [0, 0.05) is 12.1 Å². The Hall–Kier alpha value is -0.890. The molecule has 2 aliphatic rings. The first-order chi connectivity index (χ1) is 7.79. The van der Waals surface area contributed by atoms with Crippen molar-refractivity contribution in [1.29, 1.82) is 0 Å². The van der Waals surface area contributed by atoms with E-state index in [2.05, 4.69) is 5.32 Å². The zero-order valence-electron chi connectivity index (χ0n) is 9.45. The molecule has 2 saturated heterocycles. The van der Waals surface area contributed by atoms with Crippen LogP contribution in [-0.4, -0.2) is 12.1 Å². The van der Waals surface area contributed by atoms with Gasteiger partial charge in [-0.15, -0.1) is 0 Å². The highest BCUT2D eigenvalue weighted by Crippen LogP contribution is 2.32. The molecular weight excluding hydrogens is 201 g/mol. The molecule has 2 bridgehead atoms. The quantitative estimate of drug-likeness (QED) is 0.806. The number of nitrogens with one attached hydrogen (secondary N) is 1. The Morgan fingerprint density at radius 3 is 2.31 bits per heavy atom. The molecule has 0 amide bonds. The topological polar surface area (TPSA) is 12.0 Å². The van der Waals surface area contributed by atoms with Crippen LogP contribution in [0.3, 0.4) is 0 Å². The van der Waals surface area contributed by atoms with Crippen molar-refractivity contribution in [2.45, 2.75) is 44.2 Å². The van der Waals surface area contributed by atoms with E-state index in [9.17, 15) is 4.39 Å². The molecular formula is C14H18FN. The van der Waals surface area contributed by atoms with Crippen LogP contribution in [0.1, 0.15) is 31.2 Å². The van der Waals surface area contributed by atoms with Gasteiger partial charge >= 0.3 is 0 Å². The van der Waals surface area contributed by atoms with Gasteiger partial charge in [0.1, 0.15) is 5.82 Å². The van der Waals surface area contributed by atoms with E-state index in [1.165, 1.54) is 31.2 Å². The van der Waals surface area contributed by atoms with Crippen molar-refractivity contribution in [3.05, 3.63) is 35.6 Å². The summed E-state index contributed by atoms with van der Waals surface area (Å²) in [5, 5.41) is 3.66. The van der Waals surface area contributed by atoms with E-state index in [0.717, 1.165) is 24.4 Å². The zero-order valence-corrected chi connectivity index (χ0v) is 9.45. The summed E-state index contributed by atoms with van der Waals surface area (Å²) in [7, 11) is 0. The highest BCUT2D eigenvalue weighted by Gasteiger charge is 2.33. The molecule has 2 atom stereocenters. The van der Waals surface area contributed by atoms with Crippen LogP contribution in [0.4, 0.5) is 4.39 Å². The van der Waals surface area contributed by atoms with Crippen LogP contribution in [0.15, 0.2) is 24.3 Å². The van der Waals surface area contributed by atoms with Crippen molar-refractivity contribution in [2.75, 3.05) is 0 Å². The van der Waals surface area contributed by atoms with Crippen molar-refractivity contribution in [2.24, 2.45) is 5.92 Å². The lowest BCUT2D eigenvalue weighted by atomic mass is 9.87. The van der Waals surface area contributed by atoms with Gasteiger partial charge in [0.15, 0.2) is 0 Å². The van der Waals surface area contributed by atoms with Crippen LogP contribution in [0.25, 0.3) is 0 Å². The third-order valence-corrected chi connectivity index (χ3v) is 4.01. The molecule has 3 rings (SSSR count). The van der Waals surface area contributed by atoms with Crippen molar-refractivity contribution >= 4 is 0 Å². The standard InChI is InChI=1S/C14H18FN/c15-12-3-1-10(2-4-12)7-11-8-13-5-6-14(9-11)16-13/h1-4,11,13-14,16H,5-9H2. The van der Waals surface area contributed by atoms with Crippen LogP contribution in [-0.2, 0) is 6.42 Å². The molecule has 0 radical (unpaired) electrons. The number of piperidine rings is 1. The first-order valence-electron chi connectivity index (χ1n) is 6.30. The minimum atomic E-state index is -0.130. The van der Waals surface area contributed by atoms with E-state index in [1.807, 2.05) is 12.1 Å². The van der Waals surface area contributed by atoms with E-state index >= 15 is 0 Å². The second-order valence-electron chi connectivity index (χ2n) is 5.31. The summed E-state index contributed by atoms with van der Waals surface area (Å²) < 4.78 is 12.8. The molecule has 0 spiro atoms. The van der Waals surface area contributed by atoms with E-state index in [0.29, 0.717) is 0 Å². The van der Waals surface area contributed by atoms with Crippen molar-refractivity contribution in [1.82, 2.24) is 5.32 Å². The molecule has 2 aliphatic heterocycles. The van der Waals surface area contributed by atoms with Gasteiger partial charge < -0.3 is 5.32 Å². The summed E-state index contributed by atoms with van der Waals surface area (Å²) in [4.78, 5) is 0. The fourth-order valence-corrected chi connectivity index (χ4v) is 3.30. The van der Waals surface area contributed by atoms with Gasteiger partial charge in [-0.05, 0) is 55.7 Å². The number of hydrogen-bond donors (Lipinski definition) is 1. The second kappa shape index (κ2) is 4.17. The molecule has 86 valence electrons. The first kappa shape index (κ1) is 10.3. The van der Waals surface area contributed by atoms with E-state index in [4.69, 9.17) is 0 Å². The third kappa shape index (κ3) is 2.12. The lowest BCUT2D eigenvalue weighted by Gasteiger charge is -2.29. The summed E-state index contributed by atoms with van der Waals surface area (Å²) in [5.74, 6) is 0.665. The molecule has 1 aromatic carbocycles. The largest absolute Gasteiger partial charge is 0.311 e. The Labute approximate surface area is 96.1 Å². The molecule has 2 heteroatoms. The molecule has 0 saturated carbocycles. The molecule has 2 fully saturated rings. The van der Waals surface area contributed by atoms with Crippen LogP contribution in [0.5, 0.6) is 0 Å². The predicted molar refractivity (Wildman–Crippen MR) is 62.8 cm³/mol. The van der Waals surface area contributed by atoms with Crippen LogP contribution in [0.2, 0.25) is 0 Å². The van der Waals surface area contributed by atoms with Gasteiger partial charge in [0.25, 0.3) is 0 Å². The zero-order chi connectivity index (χ0) is 11.0. The van der Waals surface area contributed by atoms with Crippen LogP contribution in [0, 0.1) is 11.7 Å². The molecule has 2 heterocycles. The van der Waals surface area contributed by atoms with E-state index in [1.54, 1.807) is 12.1 Å². The highest BCUT2D eigenvalue weighted by molar-refractivity contribution is 5.17. The molecule has 1 aromatic rings. The number of halogens is 1. The summed E-state index contributed by atoms with van der Waals surface area (Å²) >= 11 is 0. The van der Waals surface area contributed by atoms with Gasteiger partial charge in [0.05, 0.1) is 0 Å². The summed E-state index contributed by atoms with van der Waals surface area (Å²) in [6.45, 7) is 0. The first-order valence-corrected chi connectivity index (χ1v) is 6.30. The van der Waals surface area contributed by atoms with Crippen molar-refractivity contribution < 1.29 is 4.39 Å². The Kier molecular flexibility index (Phi) is 2.68. The predicted octanol–water partition coefficient (Wildman–Crippen LogP) is 2.90. The fraction of sp³-hybridized carbons (Fsp3) is 0.571. The van der Waals surface area contributed by atoms with Gasteiger partial charge in [0.2, 0.25) is 0 Å². The smallest absolute Gasteiger partial charge is 0.123 e. The number of fused-ring (bicyclic) bond motifs is 2. The Morgan fingerprint density at radius 2 is 1.69 bits per heavy atom. The Morgan fingerprint density at radius 1 is 1.06 bits per heavy atom. The minimum Gasteiger partial charge on any atom is -0.311 e. The maximum atomic E-state index is 12.8. The number of rotatable bonds is 2. The lowest BCUT2D eigenvalue weighted by molar-refractivity contribution is 0.298. The summed E-state index contributed by atoms with van der Waals surface area (Å²) in [6.07, 6.45) is 6.42. The maximum absolute atomic E-state index is 12.8. The summed E-state index contributed by atoms with van der Waals surface area (Å²) in [5.41, 5.74) is 1.28. The Bertz CT molecular complexity index is 348. The molecule has 2 unspecified atom stereocenters. The maximum Gasteiger partial charge on any atom is 0.123 e. The van der Waals surface area contributed by atoms with Gasteiger partial charge in [-0.2, -0.15) is 0 Å². The number of hydrogen-bond acceptors (Lipinski definition) is 1. The van der Waals surface area contributed by atoms with Gasteiger partial charge in [-0.1, -0.05) is 12.1 Å². The SMILES string of the molecule is Fc1ccc(CC2CC3CCC(C2)N3)cc1. The molecule has 16 heavy (non-hydrogen) atoms. The van der Waals surface area contributed by atoms with Gasteiger partial charge in [-0.25, -0.2) is 4.39 Å². The average Bonchev–Trinajstić information content (AvgIpc) is 2.62. The second-order valence-corrected chi connectivity index (χ2v) is 5.31. The minimum absolute atomic E-state index is 0.130. The third-order valence-electron chi connectivity index (χ3n) is 4.01. The van der Waals surface area contributed by atoms with Crippen molar-refractivity contribution in [3.63, 3.8) is 0 Å². The van der Waals surface area contributed by atoms with Crippen LogP contribution < -0.4 is 5.32 Å². The summed E-state index contributed by atoms with van der Waals surface area (Å²) in [6, 6.07) is 8.52. The molecule has 0 aromatic heterocycles. The van der Waals surface area contributed by atoms with Crippen molar-refractivity contribution in [3.8, 4) is 0 Å². The molecule has 0 aliphatic carbocycles. The average molecular weight is 219 g/mol. The van der Waals surface area contributed by atoms with E-state index < -0.39 is 0 Å². The normalized spacial score (nSPS) is 32.9. The molecule has 1 nitrogen and oxygen atoms in total. The van der Waals surface area contributed by atoms with Gasteiger partial charge in [-0.3, -0.25) is 0 Å². The molecule has 1 N–H and O–H groups in total. The van der Waals surface area contributed by atoms with E-state index in [-0.39, 0.29) is 5.82 Å². The Balaban J connectivity index is 1.64. The fourth-order valence-electron chi connectivity index (χ4n) is 3.30. The number of benzene rings is 1. The van der Waals surface area contributed by atoms with Crippen LogP contribution >= 0.6 is 0 Å². The monoisotopic (exact) mass is 219 g/mol.